The van der Waals surface area contributed by atoms with Gasteiger partial charge in [-0.3, -0.25) is 9.10 Å². The minimum absolute atomic E-state index is 0.111. The number of nitrogens with one attached hydrogen (secondary N) is 1. The lowest BCUT2D eigenvalue weighted by Crippen LogP contribution is -2.51. The van der Waals surface area contributed by atoms with Gasteiger partial charge in [-0.05, 0) is 48.9 Å². The summed E-state index contributed by atoms with van der Waals surface area (Å²) in [6.45, 7) is 2.10. The average Bonchev–Trinajstić information content (AvgIpc) is 2.64. The first-order valence-corrected chi connectivity index (χ1v) is 10.5. The van der Waals surface area contributed by atoms with Crippen molar-refractivity contribution in [2.75, 3.05) is 30.3 Å². The van der Waals surface area contributed by atoms with Crippen LogP contribution in [0.2, 0.25) is 0 Å². The topological polar surface area (TPSA) is 84.9 Å². The molecule has 2 aromatic carbocycles. The van der Waals surface area contributed by atoms with Gasteiger partial charge in [-0.25, -0.2) is 12.8 Å². The molecule has 0 radical (unpaired) electrons. The zero-order valence-electron chi connectivity index (χ0n) is 15.5. The number of ether oxygens (including phenoxy) is 2. The van der Waals surface area contributed by atoms with Crippen molar-refractivity contribution in [1.29, 1.82) is 0 Å². The summed E-state index contributed by atoms with van der Waals surface area (Å²) in [5.74, 6) is 0.0192. The van der Waals surface area contributed by atoms with E-state index in [4.69, 9.17) is 9.47 Å². The lowest BCUT2D eigenvalue weighted by molar-refractivity contribution is -0.127. The molecule has 0 aromatic heterocycles. The van der Waals surface area contributed by atoms with E-state index in [2.05, 4.69) is 5.32 Å². The fourth-order valence-corrected chi connectivity index (χ4v) is 3.71. The van der Waals surface area contributed by atoms with Gasteiger partial charge < -0.3 is 14.8 Å². The Bertz CT molecular complexity index is 963. The molecule has 28 heavy (non-hydrogen) atoms. The van der Waals surface area contributed by atoms with Crippen LogP contribution in [0, 0.1) is 12.7 Å². The molecule has 1 unspecified atom stereocenters. The van der Waals surface area contributed by atoms with Gasteiger partial charge in [0.1, 0.15) is 23.9 Å². The van der Waals surface area contributed by atoms with Gasteiger partial charge in [-0.15, -0.1) is 0 Å². The van der Waals surface area contributed by atoms with Crippen LogP contribution in [0.1, 0.15) is 5.56 Å². The molecular weight excluding hydrogens is 387 g/mol. The molecule has 0 bridgehead atoms. The quantitative estimate of drug-likeness (QED) is 0.738. The van der Waals surface area contributed by atoms with E-state index in [1.54, 1.807) is 18.2 Å². The van der Waals surface area contributed by atoms with Crippen LogP contribution in [0.15, 0.2) is 42.5 Å². The lowest BCUT2D eigenvalue weighted by Gasteiger charge is -2.34. The number of rotatable bonds is 6. The van der Waals surface area contributed by atoms with Crippen molar-refractivity contribution in [2.24, 2.45) is 0 Å². The average molecular weight is 408 g/mol. The van der Waals surface area contributed by atoms with Crippen LogP contribution in [0.4, 0.5) is 10.1 Å². The number of carbonyl (C=O) groups excluding carboxylic acids is 1. The summed E-state index contributed by atoms with van der Waals surface area (Å²) in [5.41, 5.74) is 1.31. The van der Waals surface area contributed by atoms with E-state index in [1.807, 2.05) is 6.92 Å². The highest BCUT2D eigenvalue weighted by Gasteiger charge is 2.34. The summed E-state index contributed by atoms with van der Waals surface area (Å²) in [4.78, 5) is 12.4. The van der Waals surface area contributed by atoms with Crippen molar-refractivity contribution in [3.63, 3.8) is 0 Å². The van der Waals surface area contributed by atoms with E-state index >= 15 is 0 Å². The maximum absolute atomic E-state index is 12.9. The van der Waals surface area contributed by atoms with E-state index in [0.717, 1.165) is 11.8 Å². The number of halogens is 1. The third-order valence-electron chi connectivity index (χ3n) is 4.16. The summed E-state index contributed by atoms with van der Waals surface area (Å²) < 4.78 is 49.5. The number of fused-ring (bicyclic) bond motifs is 1. The molecule has 3 rings (SSSR count). The smallest absolute Gasteiger partial charge is 0.263 e. The first kappa shape index (κ1) is 19.9. The first-order valence-electron chi connectivity index (χ1n) is 8.65. The van der Waals surface area contributed by atoms with Gasteiger partial charge in [0.2, 0.25) is 10.0 Å². The van der Waals surface area contributed by atoms with Crippen LogP contribution < -0.4 is 19.1 Å². The lowest BCUT2D eigenvalue weighted by atomic mass is 10.1. The number of hydrogen-bond donors (Lipinski definition) is 1. The fraction of sp³-hybridized carbons (Fsp3) is 0.316. The van der Waals surface area contributed by atoms with Crippen molar-refractivity contribution < 1.29 is 27.1 Å². The maximum Gasteiger partial charge on any atom is 0.263 e. The molecule has 1 atom stereocenters. The van der Waals surface area contributed by atoms with E-state index in [1.165, 1.54) is 28.6 Å². The summed E-state index contributed by atoms with van der Waals surface area (Å²) in [6, 6.07) is 10.7. The van der Waals surface area contributed by atoms with Crippen molar-refractivity contribution in [1.82, 2.24) is 5.32 Å². The standard InChI is InChI=1S/C19H21FN2O5S/c1-13-3-8-17-16(11-13)22(28(2,24)25)12-18(27-17)19(23)21-9-10-26-15-6-4-14(20)5-7-15/h3-8,11,18H,9-10,12H2,1-2H3,(H,21,23). The van der Waals surface area contributed by atoms with E-state index in [9.17, 15) is 17.6 Å². The number of hydrogen-bond acceptors (Lipinski definition) is 5. The Morgan fingerprint density at radius 1 is 1.29 bits per heavy atom. The molecule has 1 amide bonds. The van der Waals surface area contributed by atoms with E-state index < -0.39 is 22.0 Å². The highest BCUT2D eigenvalue weighted by Crippen LogP contribution is 2.35. The van der Waals surface area contributed by atoms with Gasteiger partial charge in [-0.1, -0.05) is 6.07 Å². The van der Waals surface area contributed by atoms with Crippen LogP contribution in [-0.4, -0.2) is 46.4 Å². The van der Waals surface area contributed by atoms with Crippen molar-refractivity contribution in [2.45, 2.75) is 13.0 Å². The number of anilines is 1. The van der Waals surface area contributed by atoms with Crippen molar-refractivity contribution in [3.05, 3.63) is 53.8 Å². The fourth-order valence-electron chi connectivity index (χ4n) is 2.80. The highest BCUT2D eigenvalue weighted by molar-refractivity contribution is 7.92. The van der Waals surface area contributed by atoms with Gasteiger partial charge in [0.25, 0.3) is 5.91 Å². The second-order valence-corrected chi connectivity index (χ2v) is 8.37. The number of nitrogens with zero attached hydrogens (tertiary/aromatic N) is 1. The normalized spacial score (nSPS) is 16.1. The molecule has 1 N–H and O–H groups in total. The molecular formula is C19H21FN2O5S. The Labute approximate surface area is 163 Å². The molecule has 9 heteroatoms. The highest BCUT2D eigenvalue weighted by atomic mass is 32.2. The van der Waals surface area contributed by atoms with Gasteiger partial charge in [0.15, 0.2) is 6.10 Å². The molecule has 0 spiro atoms. The summed E-state index contributed by atoms with van der Waals surface area (Å²) in [5, 5.41) is 2.66. The summed E-state index contributed by atoms with van der Waals surface area (Å²) in [7, 11) is -3.57. The molecule has 0 fully saturated rings. The van der Waals surface area contributed by atoms with E-state index in [-0.39, 0.29) is 25.5 Å². The second-order valence-electron chi connectivity index (χ2n) is 6.47. The van der Waals surface area contributed by atoms with Crippen LogP contribution in [0.5, 0.6) is 11.5 Å². The maximum atomic E-state index is 12.9. The second kappa shape index (κ2) is 8.05. The predicted octanol–water partition coefficient (Wildman–Crippen LogP) is 1.86. The molecule has 7 nitrogen and oxygen atoms in total. The number of amides is 1. The van der Waals surface area contributed by atoms with Gasteiger partial charge in [0.05, 0.1) is 25.0 Å². The Morgan fingerprint density at radius 3 is 2.68 bits per heavy atom. The van der Waals surface area contributed by atoms with Crippen molar-refractivity contribution in [3.8, 4) is 11.5 Å². The molecule has 1 aliphatic rings. The number of benzene rings is 2. The molecule has 0 saturated heterocycles. The monoisotopic (exact) mass is 408 g/mol. The third-order valence-corrected chi connectivity index (χ3v) is 5.31. The Kier molecular flexibility index (Phi) is 5.73. The number of sulfonamides is 1. The summed E-state index contributed by atoms with van der Waals surface area (Å²) in [6.07, 6.45) is 0.117. The number of carbonyl (C=O) groups is 1. The largest absolute Gasteiger partial charge is 0.492 e. The predicted molar refractivity (Wildman–Crippen MR) is 103 cm³/mol. The van der Waals surface area contributed by atoms with Crippen LogP contribution in [0.25, 0.3) is 0 Å². The third kappa shape index (κ3) is 4.72. The minimum Gasteiger partial charge on any atom is -0.492 e. The SMILES string of the molecule is Cc1ccc2c(c1)N(S(C)(=O)=O)CC(C(=O)NCCOc1ccc(F)cc1)O2. The van der Waals surface area contributed by atoms with Crippen LogP contribution in [-0.2, 0) is 14.8 Å². The molecule has 0 aliphatic carbocycles. The molecule has 1 aliphatic heterocycles. The molecule has 2 aromatic rings. The minimum atomic E-state index is -3.57. The molecule has 150 valence electrons. The first-order chi connectivity index (χ1) is 13.2. The Balaban J connectivity index is 1.61. The molecule has 1 heterocycles. The Morgan fingerprint density at radius 2 is 2.00 bits per heavy atom. The Hall–Kier alpha value is -2.81. The summed E-state index contributed by atoms with van der Waals surface area (Å²) >= 11 is 0. The van der Waals surface area contributed by atoms with E-state index in [0.29, 0.717) is 17.2 Å². The van der Waals surface area contributed by atoms with Gasteiger partial charge in [-0.2, -0.15) is 0 Å². The number of aryl methyl sites for hydroxylation is 1. The van der Waals surface area contributed by atoms with Crippen molar-refractivity contribution >= 4 is 21.6 Å². The van der Waals surface area contributed by atoms with Gasteiger partial charge >= 0.3 is 0 Å². The van der Waals surface area contributed by atoms with Crippen LogP contribution in [0.3, 0.4) is 0 Å². The van der Waals surface area contributed by atoms with Crippen LogP contribution >= 0.6 is 0 Å². The molecule has 0 saturated carbocycles. The zero-order valence-corrected chi connectivity index (χ0v) is 16.3. The van der Waals surface area contributed by atoms with Gasteiger partial charge in [0, 0.05) is 0 Å². The zero-order chi connectivity index (χ0) is 20.3.